The molecule has 0 radical (unpaired) electrons. The van der Waals surface area contributed by atoms with E-state index in [2.05, 4.69) is 5.32 Å². The zero-order valence-electron chi connectivity index (χ0n) is 7.84. The lowest BCUT2D eigenvalue weighted by Crippen LogP contribution is -2.38. The van der Waals surface area contributed by atoms with Crippen molar-refractivity contribution in [2.24, 2.45) is 0 Å². The number of amides is 1. The molecule has 0 rings (SSSR count). The van der Waals surface area contributed by atoms with Crippen LogP contribution < -0.4 is 5.32 Å². The Bertz CT molecular complexity index is 124. The van der Waals surface area contributed by atoms with Crippen LogP contribution in [0.4, 0.5) is 0 Å². The maximum absolute atomic E-state index is 11.1. The van der Waals surface area contributed by atoms with E-state index >= 15 is 0 Å². The van der Waals surface area contributed by atoms with Gasteiger partial charge in [-0.05, 0) is 13.1 Å². The van der Waals surface area contributed by atoms with Crippen LogP contribution in [-0.4, -0.2) is 48.7 Å². The maximum atomic E-state index is 11.1. The van der Waals surface area contributed by atoms with Gasteiger partial charge in [0.05, 0.1) is 13.2 Å². The Hall–Kier alpha value is -0.610. The normalized spacial score (nSPS) is 10.3. The molecule has 4 nitrogen and oxygen atoms in total. The highest BCUT2D eigenvalue weighted by molar-refractivity contribution is 5.77. The second kappa shape index (κ2) is 7.06. The number of nitrogens with zero attached hydrogens (tertiary/aromatic N) is 1. The monoisotopic (exact) mass is 174 g/mol. The fourth-order valence-corrected chi connectivity index (χ4v) is 0.902. The predicted molar refractivity (Wildman–Crippen MR) is 47.9 cm³/mol. The lowest BCUT2D eigenvalue weighted by atomic mass is 10.4. The number of hydrogen-bond acceptors (Lipinski definition) is 3. The molecule has 0 fully saturated rings. The van der Waals surface area contributed by atoms with E-state index in [1.165, 1.54) is 0 Å². The fourth-order valence-electron chi connectivity index (χ4n) is 0.902. The second-order valence-corrected chi connectivity index (χ2v) is 2.53. The van der Waals surface area contributed by atoms with E-state index in [0.717, 1.165) is 13.1 Å². The number of carbonyl (C=O) groups is 1. The summed E-state index contributed by atoms with van der Waals surface area (Å²) in [7, 11) is 0. The van der Waals surface area contributed by atoms with Crippen LogP contribution in [0.2, 0.25) is 0 Å². The molecule has 2 N–H and O–H groups in total. The molecule has 0 heterocycles. The summed E-state index contributed by atoms with van der Waals surface area (Å²) in [6, 6.07) is 0. The van der Waals surface area contributed by atoms with Crippen molar-refractivity contribution in [3.8, 4) is 0 Å². The van der Waals surface area contributed by atoms with Crippen LogP contribution in [0, 0.1) is 0 Å². The third-order valence-corrected chi connectivity index (χ3v) is 1.70. The first kappa shape index (κ1) is 11.4. The van der Waals surface area contributed by atoms with Crippen molar-refractivity contribution in [3.63, 3.8) is 0 Å². The van der Waals surface area contributed by atoms with Gasteiger partial charge in [-0.1, -0.05) is 13.8 Å². The lowest BCUT2D eigenvalue weighted by Gasteiger charge is -2.16. The fraction of sp³-hybridized carbons (Fsp3) is 0.875. The van der Waals surface area contributed by atoms with Crippen molar-refractivity contribution in [3.05, 3.63) is 0 Å². The molecular weight excluding hydrogens is 156 g/mol. The van der Waals surface area contributed by atoms with E-state index in [1.807, 2.05) is 18.7 Å². The molecule has 0 unspecified atom stereocenters. The average molecular weight is 174 g/mol. The molecule has 4 heteroatoms. The summed E-state index contributed by atoms with van der Waals surface area (Å²) in [5.74, 6) is -0.0206. The number of carbonyl (C=O) groups excluding carboxylic acids is 1. The van der Waals surface area contributed by atoms with Crippen LogP contribution in [0.5, 0.6) is 0 Å². The summed E-state index contributed by atoms with van der Waals surface area (Å²) in [5.41, 5.74) is 0. The first-order valence-corrected chi connectivity index (χ1v) is 4.34. The first-order chi connectivity index (χ1) is 5.74. The molecule has 0 aliphatic heterocycles. The Labute approximate surface area is 73.6 Å². The Kier molecular flexibility index (Phi) is 6.70. The highest BCUT2D eigenvalue weighted by Gasteiger charge is 2.05. The largest absolute Gasteiger partial charge is 0.395 e. The van der Waals surface area contributed by atoms with Gasteiger partial charge in [-0.25, -0.2) is 0 Å². The summed E-state index contributed by atoms with van der Waals surface area (Å²) >= 11 is 0. The van der Waals surface area contributed by atoms with Gasteiger partial charge in [0, 0.05) is 6.54 Å². The average Bonchev–Trinajstić information content (AvgIpc) is 2.10. The number of likely N-dealkylation sites (N-methyl/N-ethyl adjacent to an activating group) is 1. The smallest absolute Gasteiger partial charge is 0.234 e. The minimum Gasteiger partial charge on any atom is -0.395 e. The van der Waals surface area contributed by atoms with Gasteiger partial charge in [-0.15, -0.1) is 0 Å². The van der Waals surface area contributed by atoms with Crippen LogP contribution in [0.15, 0.2) is 0 Å². The van der Waals surface area contributed by atoms with Gasteiger partial charge in [0.25, 0.3) is 0 Å². The lowest BCUT2D eigenvalue weighted by molar-refractivity contribution is -0.122. The van der Waals surface area contributed by atoms with Crippen molar-refractivity contribution in [2.75, 3.05) is 32.8 Å². The van der Waals surface area contributed by atoms with E-state index in [4.69, 9.17) is 5.11 Å². The van der Waals surface area contributed by atoms with Crippen molar-refractivity contribution < 1.29 is 9.90 Å². The Balaban J connectivity index is 3.52. The molecule has 72 valence electrons. The van der Waals surface area contributed by atoms with Crippen molar-refractivity contribution in [1.82, 2.24) is 10.2 Å². The second-order valence-electron chi connectivity index (χ2n) is 2.53. The van der Waals surface area contributed by atoms with Crippen LogP contribution >= 0.6 is 0 Å². The van der Waals surface area contributed by atoms with E-state index in [1.54, 1.807) is 0 Å². The summed E-state index contributed by atoms with van der Waals surface area (Å²) in [6.45, 7) is 6.56. The third kappa shape index (κ3) is 5.09. The summed E-state index contributed by atoms with van der Waals surface area (Å²) < 4.78 is 0. The minimum atomic E-state index is -0.0206. The maximum Gasteiger partial charge on any atom is 0.234 e. The van der Waals surface area contributed by atoms with Crippen LogP contribution in [-0.2, 0) is 4.79 Å². The van der Waals surface area contributed by atoms with Gasteiger partial charge < -0.3 is 10.4 Å². The molecule has 12 heavy (non-hydrogen) atoms. The quantitative estimate of drug-likeness (QED) is 0.567. The molecule has 0 aliphatic carbocycles. The van der Waals surface area contributed by atoms with Crippen LogP contribution in [0.3, 0.4) is 0 Å². The zero-order valence-corrected chi connectivity index (χ0v) is 7.84. The SMILES string of the molecule is CCN(CC)CC(=O)NCCO. The highest BCUT2D eigenvalue weighted by atomic mass is 16.3. The molecule has 0 spiro atoms. The van der Waals surface area contributed by atoms with Gasteiger partial charge in [-0.2, -0.15) is 0 Å². The molecule has 0 aromatic rings. The van der Waals surface area contributed by atoms with E-state index in [9.17, 15) is 4.79 Å². The van der Waals surface area contributed by atoms with E-state index < -0.39 is 0 Å². The van der Waals surface area contributed by atoms with Gasteiger partial charge in [-0.3, -0.25) is 9.69 Å². The van der Waals surface area contributed by atoms with Gasteiger partial charge in [0.2, 0.25) is 5.91 Å². The van der Waals surface area contributed by atoms with Gasteiger partial charge in [0.1, 0.15) is 0 Å². The molecule has 0 saturated carbocycles. The highest BCUT2D eigenvalue weighted by Crippen LogP contribution is 1.84. The predicted octanol–water partition coefficient (Wildman–Crippen LogP) is -0.563. The molecule has 0 aromatic carbocycles. The van der Waals surface area contributed by atoms with Gasteiger partial charge in [0.15, 0.2) is 0 Å². The minimum absolute atomic E-state index is 0.00396. The summed E-state index contributed by atoms with van der Waals surface area (Å²) in [4.78, 5) is 13.1. The number of nitrogens with one attached hydrogen (secondary N) is 1. The van der Waals surface area contributed by atoms with Gasteiger partial charge >= 0.3 is 0 Å². The van der Waals surface area contributed by atoms with E-state index in [0.29, 0.717) is 13.1 Å². The molecule has 0 aromatic heterocycles. The van der Waals surface area contributed by atoms with E-state index in [-0.39, 0.29) is 12.5 Å². The number of hydrogen-bond donors (Lipinski definition) is 2. The Morgan fingerprint density at radius 1 is 1.42 bits per heavy atom. The standard InChI is InChI=1S/C8H18N2O2/c1-3-10(4-2)7-8(12)9-5-6-11/h11H,3-7H2,1-2H3,(H,9,12). The molecule has 0 bridgehead atoms. The molecular formula is C8H18N2O2. The summed E-state index contributed by atoms with van der Waals surface area (Å²) in [5, 5.41) is 11.0. The third-order valence-electron chi connectivity index (χ3n) is 1.70. The topological polar surface area (TPSA) is 52.6 Å². The molecule has 0 saturated heterocycles. The zero-order chi connectivity index (χ0) is 9.40. The Morgan fingerprint density at radius 3 is 2.42 bits per heavy atom. The Morgan fingerprint density at radius 2 is 2.00 bits per heavy atom. The van der Waals surface area contributed by atoms with Crippen LogP contribution in [0.25, 0.3) is 0 Å². The number of aliphatic hydroxyl groups excluding tert-OH is 1. The molecule has 1 amide bonds. The van der Waals surface area contributed by atoms with Crippen molar-refractivity contribution >= 4 is 5.91 Å². The number of aliphatic hydroxyl groups is 1. The van der Waals surface area contributed by atoms with Crippen molar-refractivity contribution in [1.29, 1.82) is 0 Å². The molecule has 0 atom stereocenters. The molecule has 0 aliphatic rings. The van der Waals surface area contributed by atoms with Crippen LogP contribution in [0.1, 0.15) is 13.8 Å². The number of rotatable bonds is 6. The summed E-state index contributed by atoms with van der Waals surface area (Å²) in [6.07, 6.45) is 0. The van der Waals surface area contributed by atoms with Crippen molar-refractivity contribution in [2.45, 2.75) is 13.8 Å². The first-order valence-electron chi connectivity index (χ1n) is 4.34.